The monoisotopic (exact) mass is 262 g/mol. The van der Waals surface area contributed by atoms with Gasteiger partial charge in [0, 0.05) is 12.9 Å². The van der Waals surface area contributed by atoms with Crippen molar-refractivity contribution in [3.8, 4) is 0 Å². The summed E-state index contributed by atoms with van der Waals surface area (Å²) in [6.45, 7) is 2.86. The van der Waals surface area contributed by atoms with E-state index in [4.69, 9.17) is 9.47 Å². The number of rotatable bonds is 8. The van der Waals surface area contributed by atoms with Gasteiger partial charge in [-0.3, -0.25) is 0 Å². The van der Waals surface area contributed by atoms with E-state index in [1.165, 1.54) is 4.21 Å². The fourth-order valence-corrected chi connectivity index (χ4v) is 2.85. The first-order chi connectivity index (χ1) is 7.72. The Morgan fingerprint density at radius 1 is 1.50 bits per heavy atom. The number of hydrogen-bond donors (Lipinski definition) is 1. The summed E-state index contributed by atoms with van der Waals surface area (Å²) in [5, 5.41) is 11.7. The van der Waals surface area contributed by atoms with Crippen molar-refractivity contribution in [1.29, 1.82) is 0 Å². The highest BCUT2D eigenvalue weighted by Crippen LogP contribution is 2.23. The van der Waals surface area contributed by atoms with Gasteiger partial charge in [-0.2, -0.15) is 0 Å². The fraction of sp³-hybridized carbons (Fsp3) is 0.636. The predicted molar refractivity (Wildman–Crippen MR) is 68.3 cm³/mol. The summed E-state index contributed by atoms with van der Waals surface area (Å²) in [5.41, 5.74) is 0. The lowest BCUT2D eigenvalue weighted by atomic mass is 10.4. The van der Waals surface area contributed by atoms with Gasteiger partial charge in [0.15, 0.2) is 0 Å². The summed E-state index contributed by atoms with van der Waals surface area (Å²) in [5.74, 6) is 0.667. The van der Waals surface area contributed by atoms with Crippen molar-refractivity contribution >= 4 is 23.1 Å². The second-order valence-electron chi connectivity index (χ2n) is 3.50. The maximum Gasteiger partial charge on any atom is 0.0867 e. The molecule has 1 rings (SSSR count). The molecule has 0 amide bonds. The van der Waals surface area contributed by atoms with Gasteiger partial charge in [0.25, 0.3) is 0 Å². The number of aliphatic hydroxyl groups excluding tert-OH is 1. The molecule has 2 unspecified atom stereocenters. The second-order valence-corrected chi connectivity index (χ2v) is 5.76. The lowest BCUT2D eigenvalue weighted by Gasteiger charge is -2.15. The molecule has 0 aromatic carbocycles. The van der Waals surface area contributed by atoms with E-state index in [0.717, 1.165) is 0 Å². The van der Waals surface area contributed by atoms with E-state index >= 15 is 0 Å². The molecule has 16 heavy (non-hydrogen) atoms. The van der Waals surface area contributed by atoms with Crippen molar-refractivity contribution in [2.45, 2.75) is 23.3 Å². The molecule has 92 valence electrons. The zero-order chi connectivity index (χ0) is 11.8. The van der Waals surface area contributed by atoms with Crippen LogP contribution in [-0.2, 0) is 9.47 Å². The van der Waals surface area contributed by atoms with Crippen LogP contribution in [0, 0.1) is 0 Å². The van der Waals surface area contributed by atoms with Crippen LogP contribution in [0.25, 0.3) is 0 Å². The topological polar surface area (TPSA) is 38.7 Å². The van der Waals surface area contributed by atoms with Crippen LogP contribution in [0.4, 0.5) is 0 Å². The van der Waals surface area contributed by atoms with E-state index in [9.17, 15) is 5.11 Å². The molecule has 0 bridgehead atoms. The number of ether oxygens (including phenoxy) is 2. The first kappa shape index (κ1) is 14.0. The van der Waals surface area contributed by atoms with Crippen molar-refractivity contribution < 1.29 is 14.6 Å². The summed E-state index contributed by atoms with van der Waals surface area (Å²) in [6, 6.07) is 4.06. The Morgan fingerprint density at radius 3 is 2.94 bits per heavy atom. The van der Waals surface area contributed by atoms with Crippen LogP contribution in [0.3, 0.4) is 0 Å². The lowest BCUT2D eigenvalue weighted by molar-refractivity contribution is -0.0257. The van der Waals surface area contributed by atoms with Crippen LogP contribution in [0.1, 0.15) is 6.92 Å². The van der Waals surface area contributed by atoms with E-state index in [2.05, 4.69) is 6.07 Å². The van der Waals surface area contributed by atoms with Gasteiger partial charge in [-0.25, -0.2) is 0 Å². The highest BCUT2D eigenvalue weighted by Gasteiger charge is 2.08. The van der Waals surface area contributed by atoms with Crippen molar-refractivity contribution in [2.24, 2.45) is 0 Å². The van der Waals surface area contributed by atoms with Gasteiger partial charge in [-0.15, -0.1) is 23.1 Å². The van der Waals surface area contributed by atoms with Crippen LogP contribution in [0.5, 0.6) is 0 Å². The van der Waals surface area contributed by atoms with Crippen LogP contribution >= 0.6 is 23.1 Å². The standard InChI is InChI=1S/C11H18O3S2/c1-9(6-13-2)14-7-10(12)8-16-11-4-3-5-15-11/h3-5,9-10,12H,6-8H2,1-2H3. The Labute approximate surface area is 105 Å². The van der Waals surface area contributed by atoms with Crippen LogP contribution in [0.2, 0.25) is 0 Å². The summed E-state index contributed by atoms with van der Waals surface area (Å²) in [4.78, 5) is 0. The number of aliphatic hydroxyl groups is 1. The first-order valence-corrected chi connectivity index (χ1v) is 7.03. The van der Waals surface area contributed by atoms with E-state index in [1.54, 1.807) is 30.2 Å². The molecule has 1 N–H and O–H groups in total. The smallest absolute Gasteiger partial charge is 0.0867 e. The third-order valence-corrected chi connectivity index (χ3v) is 4.16. The lowest BCUT2D eigenvalue weighted by Crippen LogP contribution is -2.24. The normalized spacial score (nSPS) is 14.9. The Morgan fingerprint density at radius 2 is 2.31 bits per heavy atom. The second kappa shape index (κ2) is 8.08. The number of thiophene rings is 1. The maximum atomic E-state index is 9.68. The molecule has 0 saturated heterocycles. The van der Waals surface area contributed by atoms with Crippen LogP contribution < -0.4 is 0 Å². The molecule has 2 atom stereocenters. The van der Waals surface area contributed by atoms with Gasteiger partial charge in [-0.05, 0) is 18.4 Å². The zero-order valence-electron chi connectivity index (χ0n) is 9.59. The van der Waals surface area contributed by atoms with Gasteiger partial charge in [0.05, 0.1) is 29.6 Å². The molecule has 0 aliphatic rings. The summed E-state index contributed by atoms with van der Waals surface area (Å²) >= 11 is 3.35. The first-order valence-electron chi connectivity index (χ1n) is 5.17. The zero-order valence-corrected chi connectivity index (χ0v) is 11.2. The van der Waals surface area contributed by atoms with Crippen molar-refractivity contribution in [2.75, 3.05) is 26.1 Å². The van der Waals surface area contributed by atoms with Crippen molar-refractivity contribution in [3.63, 3.8) is 0 Å². The van der Waals surface area contributed by atoms with E-state index in [0.29, 0.717) is 19.0 Å². The van der Waals surface area contributed by atoms with E-state index in [-0.39, 0.29) is 6.10 Å². The Balaban J connectivity index is 2.09. The fourth-order valence-electron chi connectivity index (χ4n) is 1.13. The van der Waals surface area contributed by atoms with Gasteiger partial charge in [0.1, 0.15) is 0 Å². The Hall–Kier alpha value is -0.0700. The molecule has 0 radical (unpaired) electrons. The quantitative estimate of drug-likeness (QED) is 0.729. The Bertz CT molecular complexity index is 264. The third kappa shape index (κ3) is 5.86. The average molecular weight is 262 g/mol. The molecule has 1 aromatic rings. The third-order valence-electron chi connectivity index (χ3n) is 1.89. The van der Waals surface area contributed by atoms with Gasteiger partial charge < -0.3 is 14.6 Å². The molecule has 1 heterocycles. The summed E-state index contributed by atoms with van der Waals surface area (Å²) in [6.07, 6.45) is -0.391. The minimum absolute atomic E-state index is 0.0337. The highest BCUT2D eigenvalue weighted by molar-refractivity contribution is 8.01. The van der Waals surface area contributed by atoms with Crippen LogP contribution in [0.15, 0.2) is 21.7 Å². The maximum absolute atomic E-state index is 9.68. The molecule has 5 heteroatoms. The molecule has 0 saturated carbocycles. The molecule has 0 aliphatic carbocycles. The SMILES string of the molecule is COCC(C)OCC(O)CSc1cccs1. The van der Waals surface area contributed by atoms with Gasteiger partial charge in [0.2, 0.25) is 0 Å². The number of hydrogen-bond acceptors (Lipinski definition) is 5. The highest BCUT2D eigenvalue weighted by atomic mass is 32.2. The largest absolute Gasteiger partial charge is 0.390 e. The molecule has 0 fully saturated rings. The van der Waals surface area contributed by atoms with E-state index < -0.39 is 6.10 Å². The predicted octanol–water partition coefficient (Wildman–Crippen LogP) is 2.25. The van der Waals surface area contributed by atoms with Crippen LogP contribution in [-0.4, -0.2) is 43.4 Å². The average Bonchev–Trinajstić information content (AvgIpc) is 2.77. The number of thioether (sulfide) groups is 1. The minimum atomic E-state index is -0.425. The van der Waals surface area contributed by atoms with Gasteiger partial charge >= 0.3 is 0 Å². The Kier molecular flexibility index (Phi) is 7.07. The summed E-state index contributed by atoms with van der Waals surface area (Å²) in [7, 11) is 1.64. The van der Waals surface area contributed by atoms with Crippen molar-refractivity contribution in [1.82, 2.24) is 0 Å². The molecular weight excluding hydrogens is 244 g/mol. The van der Waals surface area contributed by atoms with Crippen molar-refractivity contribution in [3.05, 3.63) is 17.5 Å². The van der Waals surface area contributed by atoms with E-state index in [1.807, 2.05) is 18.4 Å². The molecule has 0 spiro atoms. The summed E-state index contributed by atoms with van der Waals surface area (Å²) < 4.78 is 11.6. The minimum Gasteiger partial charge on any atom is -0.390 e. The molecule has 1 aromatic heterocycles. The molecular formula is C11H18O3S2. The molecule has 0 aliphatic heterocycles. The number of methoxy groups -OCH3 is 1. The molecule has 3 nitrogen and oxygen atoms in total. The van der Waals surface area contributed by atoms with Gasteiger partial charge in [-0.1, -0.05) is 6.07 Å².